The number of aromatic nitrogens is 2. The molecule has 3 heterocycles. The van der Waals surface area contributed by atoms with Crippen LogP contribution in [-0.4, -0.2) is 81.6 Å². The summed E-state index contributed by atoms with van der Waals surface area (Å²) in [5.41, 5.74) is -0.423. The number of hydrogen-bond acceptors (Lipinski definition) is 5. The number of fused-ring (bicyclic) bond motifs is 1. The molecule has 0 spiro atoms. The lowest BCUT2D eigenvalue weighted by Crippen LogP contribution is -2.65. The Morgan fingerprint density at radius 2 is 1.85 bits per heavy atom. The third-order valence-electron chi connectivity index (χ3n) is 7.54. The number of hydrogen-bond donors (Lipinski definition) is 2. The predicted molar refractivity (Wildman–Crippen MR) is 130 cm³/mol. The van der Waals surface area contributed by atoms with Crippen LogP contribution in [0, 0.1) is 0 Å². The Hall–Kier alpha value is -2.42. The van der Waals surface area contributed by atoms with Crippen molar-refractivity contribution in [3.8, 4) is 0 Å². The van der Waals surface area contributed by atoms with Crippen LogP contribution < -0.4 is 10.6 Å². The van der Waals surface area contributed by atoms with Crippen molar-refractivity contribution < 1.29 is 14.4 Å². The fraction of sp³-hybridized carbons (Fsp3) is 0.760. The van der Waals surface area contributed by atoms with E-state index in [0.717, 1.165) is 58.2 Å². The fourth-order valence-electron chi connectivity index (χ4n) is 5.52. The number of nitrogens with zero attached hydrogens (tertiary/aromatic N) is 4. The van der Waals surface area contributed by atoms with Crippen molar-refractivity contribution in [2.75, 3.05) is 32.7 Å². The zero-order chi connectivity index (χ0) is 24.1. The van der Waals surface area contributed by atoms with Gasteiger partial charge in [0, 0.05) is 25.2 Å². The van der Waals surface area contributed by atoms with Gasteiger partial charge in [-0.2, -0.15) is 5.10 Å². The fourth-order valence-corrected chi connectivity index (χ4v) is 5.52. The Bertz CT molecular complexity index is 887. The Kier molecular flexibility index (Phi) is 7.91. The highest BCUT2D eigenvalue weighted by atomic mass is 16.2. The smallest absolute Gasteiger partial charge is 0.273 e. The lowest BCUT2D eigenvalue weighted by molar-refractivity contribution is -0.133. The maximum Gasteiger partial charge on any atom is 0.273 e. The molecule has 2 fully saturated rings. The molecule has 34 heavy (non-hydrogen) atoms. The lowest BCUT2D eigenvalue weighted by atomic mass is 9.94. The van der Waals surface area contributed by atoms with Crippen LogP contribution in [0.4, 0.5) is 0 Å². The van der Waals surface area contributed by atoms with E-state index < -0.39 is 5.54 Å². The van der Waals surface area contributed by atoms with Crippen molar-refractivity contribution in [1.82, 2.24) is 30.2 Å². The van der Waals surface area contributed by atoms with E-state index in [4.69, 9.17) is 0 Å². The van der Waals surface area contributed by atoms with Gasteiger partial charge in [-0.25, -0.2) is 0 Å². The maximum atomic E-state index is 13.4. The van der Waals surface area contributed by atoms with E-state index in [1.807, 2.05) is 13.8 Å². The van der Waals surface area contributed by atoms with Gasteiger partial charge in [-0.1, -0.05) is 26.2 Å². The van der Waals surface area contributed by atoms with E-state index >= 15 is 0 Å². The van der Waals surface area contributed by atoms with Crippen LogP contribution in [0.15, 0.2) is 6.07 Å². The average molecular weight is 473 g/mol. The number of carbonyl (C=O) groups excluding carboxylic acids is 3. The molecular weight excluding hydrogens is 432 g/mol. The summed E-state index contributed by atoms with van der Waals surface area (Å²) in [6.45, 7) is 8.39. The molecule has 0 radical (unpaired) electrons. The second-order valence-corrected chi connectivity index (χ2v) is 10.3. The molecule has 1 aromatic heterocycles. The number of carbonyl (C=O) groups is 3. The number of nitrogens with one attached hydrogen (secondary N) is 2. The van der Waals surface area contributed by atoms with Crippen LogP contribution in [0.3, 0.4) is 0 Å². The van der Waals surface area contributed by atoms with E-state index in [0.29, 0.717) is 18.8 Å². The molecule has 0 aromatic carbocycles. The summed E-state index contributed by atoms with van der Waals surface area (Å²) >= 11 is 0. The Morgan fingerprint density at radius 1 is 1.12 bits per heavy atom. The van der Waals surface area contributed by atoms with E-state index in [1.54, 1.807) is 15.6 Å². The van der Waals surface area contributed by atoms with E-state index in [-0.39, 0.29) is 36.0 Å². The molecule has 2 N–H and O–H groups in total. The molecule has 1 saturated heterocycles. The first-order valence-corrected chi connectivity index (χ1v) is 13.1. The van der Waals surface area contributed by atoms with Crippen molar-refractivity contribution in [2.45, 2.75) is 89.8 Å². The number of likely N-dealkylation sites (tertiary alicyclic amines) is 1. The quantitative estimate of drug-likeness (QED) is 0.537. The van der Waals surface area contributed by atoms with Crippen molar-refractivity contribution in [2.24, 2.45) is 0 Å². The first-order valence-electron chi connectivity index (χ1n) is 13.1. The second-order valence-electron chi connectivity index (χ2n) is 10.3. The van der Waals surface area contributed by atoms with Gasteiger partial charge >= 0.3 is 0 Å². The van der Waals surface area contributed by atoms with Gasteiger partial charge in [0.1, 0.15) is 11.2 Å². The molecule has 188 valence electrons. The first-order chi connectivity index (χ1) is 16.4. The number of rotatable bonds is 9. The summed E-state index contributed by atoms with van der Waals surface area (Å²) in [4.78, 5) is 43.6. The highest BCUT2D eigenvalue weighted by Gasteiger charge is 2.48. The van der Waals surface area contributed by atoms with Gasteiger partial charge in [0.2, 0.25) is 5.91 Å². The highest BCUT2D eigenvalue weighted by Crippen LogP contribution is 2.29. The normalized spacial score (nSPS) is 23.7. The van der Waals surface area contributed by atoms with Gasteiger partial charge in [-0.15, -0.1) is 0 Å². The van der Waals surface area contributed by atoms with Crippen molar-refractivity contribution in [3.63, 3.8) is 0 Å². The molecule has 3 amide bonds. The van der Waals surface area contributed by atoms with Gasteiger partial charge in [-0.3, -0.25) is 19.1 Å². The largest absolute Gasteiger partial charge is 0.351 e. The SMILES string of the molecule is CCCN1C(=O)c2cc(C(=O)NCCCN3CCCCC3)nn2CC1(C)C(=O)NC1CCCC1. The van der Waals surface area contributed by atoms with Gasteiger partial charge in [0.25, 0.3) is 11.8 Å². The molecule has 2 aliphatic heterocycles. The molecule has 3 aliphatic rings. The zero-order valence-corrected chi connectivity index (χ0v) is 20.8. The summed E-state index contributed by atoms with van der Waals surface area (Å²) in [5, 5.41) is 10.5. The van der Waals surface area contributed by atoms with Gasteiger partial charge in [0.05, 0.1) is 6.54 Å². The highest BCUT2D eigenvalue weighted by molar-refractivity contribution is 6.01. The monoisotopic (exact) mass is 472 g/mol. The van der Waals surface area contributed by atoms with E-state index in [2.05, 4.69) is 20.6 Å². The Labute approximate surface area is 202 Å². The minimum Gasteiger partial charge on any atom is -0.351 e. The van der Waals surface area contributed by atoms with Crippen LogP contribution in [0.25, 0.3) is 0 Å². The van der Waals surface area contributed by atoms with E-state index in [9.17, 15) is 14.4 Å². The number of amides is 3. The molecule has 4 rings (SSSR count). The van der Waals surface area contributed by atoms with Crippen LogP contribution in [-0.2, 0) is 11.3 Å². The molecule has 0 bridgehead atoms. The summed E-state index contributed by atoms with van der Waals surface area (Å²) < 4.78 is 1.55. The molecule has 9 nitrogen and oxygen atoms in total. The lowest BCUT2D eigenvalue weighted by Gasteiger charge is -2.43. The van der Waals surface area contributed by atoms with Crippen molar-refractivity contribution in [3.05, 3.63) is 17.5 Å². The van der Waals surface area contributed by atoms with Gasteiger partial charge in [0.15, 0.2) is 5.69 Å². The van der Waals surface area contributed by atoms with Crippen molar-refractivity contribution in [1.29, 1.82) is 0 Å². The summed E-state index contributed by atoms with van der Waals surface area (Å²) in [6, 6.07) is 1.74. The topological polar surface area (TPSA) is 99.6 Å². The van der Waals surface area contributed by atoms with Crippen LogP contribution in [0.5, 0.6) is 0 Å². The summed E-state index contributed by atoms with van der Waals surface area (Å²) in [5.74, 6) is -0.646. The minimum absolute atomic E-state index is 0.133. The molecule has 1 unspecified atom stereocenters. The average Bonchev–Trinajstić information content (AvgIpc) is 3.50. The number of piperidine rings is 1. The predicted octanol–water partition coefficient (Wildman–Crippen LogP) is 2.17. The molecular formula is C25H40N6O3. The molecule has 9 heteroatoms. The van der Waals surface area contributed by atoms with Gasteiger partial charge in [-0.05, 0) is 65.1 Å². The minimum atomic E-state index is -1.03. The Balaban J connectivity index is 1.41. The Morgan fingerprint density at radius 3 is 2.56 bits per heavy atom. The van der Waals surface area contributed by atoms with Gasteiger partial charge < -0.3 is 20.4 Å². The van der Waals surface area contributed by atoms with E-state index in [1.165, 1.54) is 19.3 Å². The van der Waals surface area contributed by atoms with Crippen molar-refractivity contribution >= 4 is 17.7 Å². The first kappa shape index (κ1) is 24.7. The molecule has 1 saturated carbocycles. The molecule has 1 atom stereocenters. The molecule has 1 aromatic rings. The van der Waals surface area contributed by atoms with Crippen LogP contribution in [0.2, 0.25) is 0 Å². The maximum absolute atomic E-state index is 13.4. The summed E-state index contributed by atoms with van der Waals surface area (Å²) in [6.07, 6.45) is 9.68. The van der Waals surface area contributed by atoms with Crippen LogP contribution in [0.1, 0.15) is 92.6 Å². The standard InChI is InChI=1S/C25H40N6O3/c1-3-13-30-23(33)21-17-20(22(32)26-12-9-16-29-14-7-4-8-15-29)28-31(21)18-25(30,2)24(34)27-19-10-5-6-11-19/h17,19H,3-16,18H2,1-2H3,(H,26,32)(H,27,34). The third kappa shape index (κ3) is 5.29. The van der Waals surface area contributed by atoms with Crippen LogP contribution >= 0.6 is 0 Å². The second kappa shape index (κ2) is 10.9. The zero-order valence-electron chi connectivity index (χ0n) is 20.8. The summed E-state index contributed by atoms with van der Waals surface area (Å²) in [7, 11) is 0. The third-order valence-corrected chi connectivity index (χ3v) is 7.54. The molecule has 1 aliphatic carbocycles.